The SMILES string of the molecule is O=C(Cc1c([N+](=O)[O-])cc([N+](=O)[O-])c2nsnc12)c1ccccc1. The Morgan fingerprint density at radius 2 is 1.62 bits per heavy atom. The average molecular weight is 344 g/mol. The second-order valence-corrected chi connectivity index (χ2v) is 5.36. The molecule has 0 bridgehead atoms. The lowest BCUT2D eigenvalue weighted by molar-refractivity contribution is -0.393. The van der Waals surface area contributed by atoms with E-state index in [1.807, 2.05) is 0 Å². The maximum absolute atomic E-state index is 12.4. The Morgan fingerprint density at radius 1 is 1.00 bits per heavy atom. The van der Waals surface area contributed by atoms with E-state index in [-0.39, 0.29) is 28.8 Å². The Labute approximate surface area is 138 Å². The van der Waals surface area contributed by atoms with E-state index >= 15 is 0 Å². The molecule has 0 saturated carbocycles. The van der Waals surface area contributed by atoms with Gasteiger partial charge in [-0.25, -0.2) is 0 Å². The highest BCUT2D eigenvalue weighted by atomic mass is 32.1. The normalized spacial score (nSPS) is 10.7. The molecule has 3 rings (SSSR count). The minimum Gasteiger partial charge on any atom is -0.294 e. The van der Waals surface area contributed by atoms with Crippen LogP contribution in [-0.2, 0) is 6.42 Å². The zero-order chi connectivity index (χ0) is 17.3. The van der Waals surface area contributed by atoms with Crippen LogP contribution in [0.2, 0.25) is 0 Å². The molecule has 0 N–H and O–H groups in total. The van der Waals surface area contributed by atoms with E-state index in [1.165, 1.54) is 0 Å². The summed E-state index contributed by atoms with van der Waals surface area (Å²) in [6.07, 6.45) is -0.291. The fourth-order valence-electron chi connectivity index (χ4n) is 2.32. The molecule has 120 valence electrons. The summed E-state index contributed by atoms with van der Waals surface area (Å²) in [5, 5.41) is 22.4. The van der Waals surface area contributed by atoms with Crippen molar-refractivity contribution in [2.75, 3.05) is 0 Å². The topological polar surface area (TPSA) is 129 Å². The maximum atomic E-state index is 12.4. The zero-order valence-corrected chi connectivity index (χ0v) is 12.7. The Morgan fingerprint density at radius 3 is 2.25 bits per heavy atom. The van der Waals surface area contributed by atoms with Crippen LogP contribution < -0.4 is 0 Å². The van der Waals surface area contributed by atoms with Gasteiger partial charge in [-0.1, -0.05) is 30.3 Å². The van der Waals surface area contributed by atoms with Crippen LogP contribution in [0.3, 0.4) is 0 Å². The van der Waals surface area contributed by atoms with Gasteiger partial charge in [0.2, 0.25) is 0 Å². The van der Waals surface area contributed by atoms with Gasteiger partial charge in [0.05, 0.1) is 33.2 Å². The molecule has 1 heterocycles. The monoisotopic (exact) mass is 344 g/mol. The Bertz CT molecular complexity index is 970. The van der Waals surface area contributed by atoms with Crippen LogP contribution in [0.15, 0.2) is 36.4 Å². The van der Waals surface area contributed by atoms with Crippen LogP contribution in [0, 0.1) is 20.2 Å². The van der Waals surface area contributed by atoms with E-state index in [4.69, 9.17) is 0 Å². The molecule has 3 aromatic rings. The summed E-state index contributed by atoms with van der Waals surface area (Å²) in [7, 11) is 0. The van der Waals surface area contributed by atoms with Crippen molar-refractivity contribution < 1.29 is 14.6 Å². The molecule has 0 atom stereocenters. The summed E-state index contributed by atoms with van der Waals surface area (Å²) >= 11 is 0.704. The number of fused-ring (bicyclic) bond motifs is 1. The molecule has 0 aliphatic heterocycles. The first-order valence-electron chi connectivity index (χ1n) is 6.64. The van der Waals surface area contributed by atoms with Crippen LogP contribution in [0.25, 0.3) is 11.0 Å². The number of non-ortho nitro benzene ring substituents is 1. The molecule has 0 saturated heterocycles. The van der Waals surface area contributed by atoms with Gasteiger partial charge in [-0.3, -0.25) is 25.0 Å². The molecule has 0 amide bonds. The lowest BCUT2D eigenvalue weighted by atomic mass is 10.00. The second kappa shape index (κ2) is 6.08. The van der Waals surface area contributed by atoms with Crippen molar-refractivity contribution in [2.24, 2.45) is 0 Å². The molecule has 9 nitrogen and oxygen atoms in total. The van der Waals surface area contributed by atoms with Crippen molar-refractivity contribution in [1.82, 2.24) is 8.75 Å². The predicted molar refractivity (Wildman–Crippen MR) is 85.2 cm³/mol. The molecule has 0 radical (unpaired) electrons. The summed E-state index contributed by atoms with van der Waals surface area (Å²) in [5.74, 6) is -0.346. The molecular formula is C14H8N4O5S. The Hall–Kier alpha value is -3.27. The maximum Gasteiger partial charge on any atom is 0.305 e. The first-order chi connectivity index (χ1) is 11.5. The summed E-state index contributed by atoms with van der Waals surface area (Å²) < 4.78 is 7.76. The fourth-order valence-corrected chi connectivity index (χ4v) is 2.90. The number of nitrogens with zero attached hydrogens (tertiary/aromatic N) is 4. The second-order valence-electron chi connectivity index (χ2n) is 4.84. The van der Waals surface area contributed by atoms with Crippen LogP contribution in [-0.4, -0.2) is 24.4 Å². The number of hydrogen-bond acceptors (Lipinski definition) is 8. The van der Waals surface area contributed by atoms with Crippen molar-refractivity contribution in [2.45, 2.75) is 6.42 Å². The molecule has 0 spiro atoms. The van der Waals surface area contributed by atoms with Gasteiger partial charge in [-0.15, -0.1) is 0 Å². The smallest absolute Gasteiger partial charge is 0.294 e. The van der Waals surface area contributed by atoms with Crippen LogP contribution in [0.1, 0.15) is 15.9 Å². The molecule has 0 unspecified atom stereocenters. The number of nitro groups is 2. The Kier molecular flexibility index (Phi) is 3.96. The van der Waals surface area contributed by atoms with Crippen molar-refractivity contribution in [3.63, 3.8) is 0 Å². The van der Waals surface area contributed by atoms with Crippen LogP contribution in [0.4, 0.5) is 11.4 Å². The van der Waals surface area contributed by atoms with E-state index < -0.39 is 21.2 Å². The summed E-state index contributed by atoms with van der Waals surface area (Å²) in [6.45, 7) is 0. The quantitative estimate of drug-likeness (QED) is 0.395. The molecule has 24 heavy (non-hydrogen) atoms. The van der Waals surface area contributed by atoms with Gasteiger partial charge in [0, 0.05) is 12.0 Å². The lowest BCUT2D eigenvalue weighted by Gasteiger charge is -2.04. The number of rotatable bonds is 5. The van der Waals surface area contributed by atoms with Gasteiger partial charge in [0.15, 0.2) is 11.3 Å². The molecule has 0 fully saturated rings. The predicted octanol–water partition coefficient (Wildman–Crippen LogP) is 2.93. The Balaban J connectivity index is 2.16. The molecule has 1 aromatic heterocycles. The molecule has 10 heteroatoms. The van der Waals surface area contributed by atoms with Crippen molar-refractivity contribution in [3.8, 4) is 0 Å². The lowest BCUT2D eigenvalue weighted by Crippen LogP contribution is -2.07. The summed E-state index contributed by atoms with van der Waals surface area (Å²) in [4.78, 5) is 33.3. The average Bonchev–Trinajstić information content (AvgIpc) is 3.04. The number of ketones is 1. The molecule has 2 aromatic carbocycles. The third-order valence-electron chi connectivity index (χ3n) is 3.43. The van der Waals surface area contributed by atoms with Crippen molar-refractivity contribution >= 4 is 39.9 Å². The van der Waals surface area contributed by atoms with Crippen molar-refractivity contribution in [3.05, 3.63) is 67.8 Å². The zero-order valence-electron chi connectivity index (χ0n) is 11.9. The fraction of sp³-hybridized carbons (Fsp3) is 0.0714. The third kappa shape index (κ3) is 2.70. The summed E-state index contributed by atoms with van der Waals surface area (Å²) in [5.41, 5.74) is -0.617. The highest BCUT2D eigenvalue weighted by Crippen LogP contribution is 2.35. The number of carbonyl (C=O) groups excluding carboxylic acids is 1. The van der Waals surface area contributed by atoms with Gasteiger partial charge in [0.25, 0.3) is 5.69 Å². The van der Waals surface area contributed by atoms with Gasteiger partial charge in [-0.05, 0) is 0 Å². The number of carbonyl (C=O) groups is 1. The first-order valence-corrected chi connectivity index (χ1v) is 7.37. The highest BCUT2D eigenvalue weighted by molar-refractivity contribution is 7.00. The van der Waals surface area contributed by atoms with E-state index in [0.717, 1.165) is 6.07 Å². The van der Waals surface area contributed by atoms with E-state index in [9.17, 15) is 25.0 Å². The van der Waals surface area contributed by atoms with Crippen LogP contribution in [0.5, 0.6) is 0 Å². The van der Waals surface area contributed by atoms with Crippen LogP contribution >= 0.6 is 11.7 Å². The minimum absolute atomic E-state index is 0.0187. The number of aromatic nitrogens is 2. The van der Waals surface area contributed by atoms with Gasteiger partial charge in [-0.2, -0.15) is 8.75 Å². The number of hydrogen-bond donors (Lipinski definition) is 0. The summed E-state index contributed by atoms with van der Waals surface area (Å²) in [6, 6.07) is 9.12. The molecule has 0 aliphatic rings. The minimum atomic E-state index is -0.751. The van der Waals surface area contributed by atoms with E-state index in [0.29, 0.717) is 17.3 Å². The molecular weight excluding hydrogens is 336 g/mol. The van der Waals surface area contributed by atoms with Gasteiger partial charge >= 0.3 is 5.69 Å². The van der Waals surface area contributed by atoms with Gasteiger partial charge < -0.3 is 0 Å². The highest BCUT2D eigenvalue weighted by Gasteiger charge is 2.29. The molecule has 0 aliphatic carbocycles. The number of benzene rings is 2. The van der Waals surface area contributed by atoms with Gasteiger partial charge in [0.1, 0.15) is 5.52 Å². The standard InChI is InChI=1S/C14H8N4O5S/c19-12(8-4-2-1-3-5-8)6-9-10(17(20)21)7-11(18(22)23)14-13(9)15-24-16-14/h1-5,7H,6H2. The third-order valence-corrected chi connectivity index (χ3v) is 3.95. The largest absolute Gasteiger partial charge is 0.305 e. The van der Waals surface area contributed by atoms with E-state index in [1.54, 1.807) is 30.3 Å². The number of nitro benzene ring substituents is 2. The first kappa shape index (κ1) is 15.6. The number of Topliss-reactive ketones (excluding diaryl/α,β-unsaturated/α-hetero) is 1. The van der Waals surface area contributed by atoms with Crippen molar-refractivity contribution in [1.29, 1.82) is 0 Å². The van der Waals surface area contributed by atoms with E-state index in [2.05, 4.69) is 8.75 Å².